The Morgan fingerprint density at radius 1 is 1.03 bits per heavy atom. The number of aryl methyl sites for hydroxylation is 1. The molecule has 0 aliphatic rings. The lowest BCUT2D eigenvalue weighted by Gasteiger charge is -2.10. The van der Waals surface area contributed by atoms with E-state index in [2.05, 4.69) is 10.1 Å². The highest BCUT2D eigenvalue weighted by atomic mass is 35.5. The van der Waals surface area contributed by atoms with E-state index in [0.717, 1.165) is 22.4 Å². The first-order valence-electron chi connectivity index (χ1n) is 9.08. The van der Waals surface area contributed by atoms with Crippen LogP contribution in [0.15, 0.2) is 53.3 Å². The van der Waals surface area contributed by atoms with Crippen molar-refractivity contribution in [3.63, 3.8) is 0 Å². The number of halogens is 1. The molecule has 148 valence electrons. The monoisotopic (exact) mass is 409 g/mol. The van der Waals surface area contributed by atoms with Crippen LogP contribution in [-0.2, 0) is 6.42 Å². The first-order chi connectivity index (χ1) is 14.0. The van der Waals surface area contributed by atoms with Crippen LogP contribution < -0.4 is 15.0 Å². The average Bonchev–Trinajstić information content (AvgIpc) is 3.05. The number of rotatable bonds is 5. The summed E-state index contributed by atoms with van der Waals surface area (Å²) in [7, 11) is 3.17. The van der Waals surface area contributed by atoms with Gasteiger partial charge in [0.05, 0.1) is 25.6 Å². The van der Waals surface area contributed by atoms with Crippen molar-refractivity contribution in [1.82, 2.24) is 14.6 Å². The van der Waals surface area contributed by atoms with Gasteiger partial charge in [0.15, 0.2) is 11.5 Å². The van der Waals surface area contributed by atoms with Crippen LogP contribution >= 0.6 is 11.6 Å². The number of hydrogen-bond acceptors (Lipinski definition) is 4. The lowest BCUT2D eigenvalue weighted by Crippen LogP contribution is -2.14. The summed E-state index contributed by atoms with van der Waals surface area (Å²) in [4.78, 5) is 16.1. The number of benzene rings is 2. The Balaban J connectivity index is 1.84. The largest absolute Gasteiger partial charge is 0.493 e. The number of ether oxygens (including phenoxy) is 2. The van der Waals surface area contributed by atoms with Crippen molar-refractivity contribution in [3.05, 3.63) is 80.7 Å². The van der Waals surface area contributed by atoms with Crippen LogP contribution in [0.5, 0.6) is 11.5 Å². The summed E-state index contributed by atoms with van der Waals surface area (Å²) in [5.74, 6) is 1.22. The Labute approximate surface area is 172 Å². The number of nitrogens with zero attached hydrogens (tertiary/aromatic N) is 2. The second-order valence-electron chi connectivity index (χ2n) is 6.72. The van der Waals surface area contributed by atoms with Gasteiger partial charge in [0.2, 0.25) is 0 Å². The number of fused-ring (bicyclic) bond motifs is 1. The fraction of sp³-hybridized carbons (Fsp3) is 0.182. The van der Waals surface area contributed by atoms with Gasteiger partial charge in [-0.2, -0.15) is 9.61 Å². The van der Waals surface area contributed by atoms with Gasteiger partial charge < -0.3 is 14.5 Å². The second kappa shape index (κ2) is 7.64. The van der Waals surface area contributed by atoms with Crippen molar-refractivity contribution in [1.29, 1.82) is 0 Å². The van der Waals surface area contributed by atoms with Crippen LogP contribution in [0.25, 0.3) is 16.9 Å². The summed E-state index contributed by atoms with van der Waals surface area (Å²) in [5, 5.41) is 5.11. The molecule has 0 radical (unpaired) electrons. The van der Waals surface area contributed by atoms with Crippen molar-refractivity contribution in [3.8, 4) is 22.8 Å². The fourth-order valence-electron chi connectivity index (χ4n) is 3.37. The van der Waals surface area contributed by atoms with E-state index in [1.165, 1.54) is 10.6 Å². The number of aromatic amines is 1. The zero-order chi connectivity index (χ0) is 20.5. The van der Waals surface area contributed by atoms with Gasteiger partial charge in [-0.3, -0.25) is 4.79 Å². The van der Waals surface area contributed by atoms with Gasteiger partial charge in [-0.15, -0.1) is 0 Å². The third-order valence-electron chi connectivity index (χ3n) is 4.90. The molecule has 29 heavy (non-hydrogen) atoms. The summed E-state index contributed by atoms with van der Waals surface area (Å²) in [6.07, 6.45) is 0.637. The van der Waals surface area contributed by atoms with Crippen molar-refractivity contribution in [2.24, 2.45) is 0 Å². The van der Waals surface area contributed by atoms with E-state index in [1.807, 2.05) is 49.4 Å². The van der Waals surface area contributed by atoms with E-state index in [-0.39, 0.29) is 5.56 Å². The highest BCUT2D eigenvalue weighted by molar-refractivity contribution is 6.30. The first-order valence-corrected chi connectivity index (χ1v) is 9.46. The number of H-pyrrole nitrogens is 1. The molecule has 2 aromatic carbocycles. The van der Waals surface area contributed by atoms with Crippen LogP contribution in [0.3, 0.4) is 0 Å². The molecule has 0 aliphatic heterocycles. The predicted molar refractivity (Wildman–Crippen MR) is 113 cm³/mol. The topological polar surface area (TPSA) is 68.6 Å². The highest BCUT2D eigenvalue weighted by Gasteiger charge is 2.15. The molecule has 0 fully saturated rings. The minimum absolute atomic E-state index is 0.200. The van der Waals surface area contributed by atoms with E-state index in [9.17, 15) is 4.79 Å². The number of methoxy groups -OCH3 is 2. The number of nitrogens with one attached hydrogen (secondary N) is 1. The quantitative estimate of drug-likeness (QED) is 0.534. The summed E-state index contributed by atoms with van der Waals surface area (Å²) < 4.78 is 12.1. The van der Waals surface area contributed by atoms with E-state index in [4.69, 9.17) is 21.1 Å². The Bertz CT molecular complexity index is 1240. The van der Waals surface area contributed by atoms with Gasteiger partial charge in [0.25, 0.3) is 5.56 Å². The minimum Gasteiger partial charge on any atom is -0.493 e. The number of aromatic nitrogens is 3. The van der Waals surface area contributed by atoms with Crippen LogP contribution in [0.4, 0.5) is 0 Å². The van der Waals surface area contributed by atoms with Crippen LogP contribution in [0.1, 0.15) is 16.8 Å². The first kappa shape index (κ1) is 19.1. The molecular formula is C22H20ClN3O3. The Hall–Kier alpha value is -3.25. The van der Waals surface area contributed by atoms with Gasteiger partial charge in [-0.25, -0.2) is 0 Å². The van der Waals surface area contributed by atoms with E-state index in [0.29, 0.717) is 34.3 Å². The Morgan fingerprint density at radius 3 is 2.45 bits per heavy atom. The fourth-order valence-corrected chi connectivity index (χ4v) is 3.50. The molecule has 0 saturated heterocycles. The maximum Gasteiger partial charge on any atom is 0.274 e. The van der Waals surface area contributed by atoms with Gasteiger partial charge in [0.1, 0.15) is 5.65 Å². The van der Waals surface area contributed by atoms with E-state index < -0.39 is 0 Å². The van der Waals surface area contributed by atoms with Gasteiger partial charge in [-0.1, -0.05) is 23.7 Å². The molecule has 6 nitrogen and oxygen atoms in total. The van der Waals surface area contributed by atoms with E-state index in [1.54, 1.807) is 14.2 Å². The van der Waals surface area contributed by atoms with Crippen molar-refractivity contribution in [2.45, 2.75) is 13.3 Å². The van der Waals surface area contributed by atoms with Gasteiger partial charge in [-0.05, 0) is 42.8 Å². The maximum absolute atomic E-state index is 12.7. The minimum atomic E-state index is -0.200. The Morgan fingerprint density at radius 2 is 1.76 bits per heavy atom. The van der Waals surface area contributed by atoms with Crippen LogP contribution in [0, 0.1) is 6.92 Å². The molecule has 0 aliphatic carbocycles. The molecule has 0 atom stereocenters. The van der Waals surface area contributed by atoms with Gasteiger partial charge in [0, 0.05) is 28.6 Å². The van der Waals surface area contributed by atoms with Crippen molar-refractivity contribution >= 4 is 17.2 Å². The molecule has 0 amide bonds. The predicted octanol–water partition coefficient (Wildman–Crippen LogP) is 4.26. The number of hydrogen-bond donors (Lipinski definition) is 1. The molecule has 0 unspecified atom stereocenters. The zero-order valence-electron chi connectivity index (χ0n) is 16.3. The lowest BCUT2D eigenvalue weighted by atomic mass is 10.1. The van der Waals surface area contributed by atoms with E-state index >= 15 is 0 Å². The summed E-state index contributed by atoms with van der Waals surface area (Å²) in [5.41, 5.74) is 4.83. The summed E-state index contributed by atoms with van der Waals surface area (Å²) in [6.45, 7) is 1.90. The smallest absolute Gasteiger partial charge is 0.274 e. The SMILES string of the molecule is COc1ccc(-c2cc(=O)n3nc(C)c(Cc4ccc(Cl)cc4)c3[nH]2)cc1OC. The van der Waals surface area contributed by atoms with Crippen molar-refractivity contribution in [2.75, 3.05) is 14.2 Å². The molecule has 0 bridgehead atoms. The summed E-state index contributed by atoms with van der Waals surface area (Å²) >= 11 is 5.99. The molecule has 1 N–H and O–H groups in total. The normalized spacial score (nSPS) is 11.0. The van der Waals surface area contributed by atoms with Crippen LogP contribution in [-0.4, -0.2) is 28.8 Å². The molecule has 4 rings (SSSR count). The maximum atomic E-state index is 12.7. The summed E-state index contributed by atoms with van der Waals surface area (Å²) in [6, 6.07) is 14.7. The third-order valence-corrected chi connectivity index (χ3v) is 5.15. The lowest BCUT2D eigenvalue weighted by molar-refractivity contribution is 0.355. The molecule has 4 aromatic rings. The second-order valence-corrected chi connectivity index (χ2v) is 7.16. The van der Waals surface area contributed by atoms with Gasteiger partial charge >= 0.3 is 0 Å². The highest BCUT2D eigenvalue weighted by Crippen LogP contribution is 2.31. The molecule has 0 saturated carbocycles. The third kappa shape index (κ3) is 3.59. The zero-order valence-corrected chi connectivity index (χ0v) is 17.1. The van der Waals surface area contributed by atoms with Crippen molar-refractivity contribution < 1.29 is 9.47 Å². The molecule has 2 aromatic heterocycles. The molecular weight excluding hydrogens is 390 g/mol. The Kier molecular flexibility index (Phi) is 5.03. The molecule has 2 heterocycles. The van der Waals surface area contributed by atoms with Crippen LogP contribution in [0.2, 0.25) is 5.02 Å². The molecule has 0 spiro atoms. The standard InChI is InChI=1S/C22H20ClN3O3/c1-13-17(10-14-4-7-16(23)8-5-14)22-24-18(12-21(27)26(22)25-13)15-6-9-19(28-2)20(11-15)29-3/h4-9,11-12,24H,10H2,1-3H3. The average molecular weight is 410 g/mol. The molecule has 7 heteroatoms.